The molecule has 0 spiro atoms. The van der Waals surface area contributed by atoms with E-state index in [0.717, 1.165) is 54.6 Å². The second-order valence-corrected chi connectivity index (χ2v) is 6.77. The van der Waals surface area contributed by atoms with Crippen LogP contribution in [0.3, 0.4) is 0 Å². The van der Waals surface area contributed by atoms with Gasteiger partial charge in [-0.1, -0.05) is 29.8 Å². The average Bonchev–Trinajstić information content (AvgIpc) is 2.62. The first-order valence-corrected chi connectivity index (χ1v) is 8.86. The van der Waals surface area contributed by atoms with E-state index in [2.05, 4.69) is 11.0 Å². The van der Waals surface area contributed by atoms with Crippen molar-refractivity contribution in [2.24, 2.45) is 0 Å². The predicted molar refractivity (Wildman–Crippen MR) is 100 cm³/mol. The van der Waals surface area contributed by atoms with E-state index in [1.165, 1.54) is 5.56 Å². The summed E-state index contributed by atoms with van der Waals surface area (Å²) in [5.74, 6) is 0.837. The molecule has 1 heterocycles. The fourth-order valence-corrected chi connectivity index (χ4v) is 3.45. The lowest BCUT2D eigenvalue weighted by atomic mass is 10.1. The summed E-state index contributed by atoms with van der Waals surface area (Å²) in [6.07, 6.45) is 0. The lowest BCUT2D eigenvalue weighted by Gasteiger charge is -2.35. The van der Waals surface area contributed by atoms with Crippen molar-refractivity contribution < 1.29 is 9.53 Å². The van der Waals surface area contributed by atoms with Gasteiger partial charge >= 0.3 is 0 Å². The molecule has 0 unspecified atom stereocenters. The van der Waals surface area contributed by atoms with Gasteiger partial charge in [0, 0.05) is 48.9 Å². The Balaban J connectivity index is 1.61. The Morgan fingerprint density at radius 2 is 1.84 bits per heavy atom. The van der Waals surface area contributed by atoms with Gasteiger partial charge in [-0.2, -0.15) is 0 Å². The number of piperazine rings is 1. The summed E-state index contributed by atoms with van der Waals surface area (Å²) in [5, 5.41) is 0.764. The minimum Gasteiger partial charge on any atom is -0.496 e. The van der Waals surface area contributed by atoms with Crippen LogP contribution < -0.4 is 4.74 Å². The average molecular weight is 359 g/mol. The van der Waals surface area contributed by atoms with Gasteiger partial charge in [-0.15, -0.1) is 0 Å². The third kappa shape index (κ3) is 4.14. The SMILES string of the molecule is COc1cccc(C(=O)N2CCN(Cc3cccc(Cl)c3)CC2)c1C. The summed E-state index contributed by atoms with van der Waals surface area (Å²) in [4.78, 5) is 17.1. The second kappa shape index (κ2) is 7.89. The van der Waals surface area contributed by atoms with Crippen LogP contribution in [0.25, 0.3) is 0 Å². The number of rotatable bonds is 4. The maximum atomic E-state index is 12.8. The number of amides is 1. The highest BCUT2D eigenvalue weighted by molar-refractivity contribution is 6.30. The van der Waals surface area contributed by atoms with E-state index in [-0.39, 0.29) is 5.91 Å². The minimum absolute atomic E-state index is 0.0822. The van der Waals surface area contributed by atoms with Crippen LogP contribution in [-0.4, -0.2) is 49.0 Å². The number of nitrogens with zero attached hydrogens (tertiary/aromatic N) is 2. The second-order valence-electron chi connectivity index (χ2n) is 6.33. The molecule has 1 amide bonds. The molecule has 1 saturated heterocycles. The molecule has 0 saturated carbocycles. The van der Waals surface area contributed by atoms with Gasteiger partial charge in [0.25, 0.3) is 5.91 Å². The topological polar surface area (TPSA) is 32.8 Å². The summed E-state index contributed by atoms with van der Waals surface area (Å²) in [6, 6.07) is 13.6. The van der Waals surface area contributed by atoms with Crippen LogP contribution in [0.2, 0.25) is 5.02 Å². The molecule has 0 aromatic heterocycles. The van der Waals surface area contributed by atoms with Gasteiger partial charge in [0.1, 0.15) is 5.75 Å². The van der Waals surface area contributed by atoms with Crippen molar-refractivity contribution in [3.05, 3.63) is 64.2 Å². The first-order valence-electron chi connectivity index (χ1n) is 8.48. The van der Waals surface area contributed by atoms with Crippen LogP contribution >= 0.6 is 11.6 Å². The summed E-state index contributed by atoms with van der Waals surface area (Å²) in [7, 11) is 1.63. The van der Waals surface area contributed by atoms with Gasteiger partial charge in [0.2, 0.25) is 0 Å². The fourth-order valence-electron chi connectivity index (χ4n) is 3.24. The largest absolute Gasteiger partial charge is 0.496 e. The molecule has 2 aromatic carbocycles. The van der Waals surface area contributed by atoms with Crippen LogP contribution in [0.5, 0.6) is 5.75 Å². The Labute approximate surface area is 154 Å². The van der Waals surface area contributed by atoms with E-state index in [0.29, 0.717) is 0 Å². The number of methoxy groups -OCH3 is 1. The highest BCUT2D eigenvalue weighted by atomic mass is 35.5. The number of hydrogen-bond acceptors (Lipinski definition) is 3. The van der Waals surface area contributed by atoms with E-state index in [9.17, 15) is 4.79 Å². The minimum atomic E-state index is 0.0822. The zero-order valence-corrected chi connectivity index (χ0v) is 15.4. The van der Waals surface area contributed by atoms with Crippen LogP contribution in [-0.2, 0) is 6.54 Å². The quantitative estimate of drug-likeness (QED) is 0.837. The molecule has 3 rings (SSSR count). The zero-order chi connectivity index (χ0) is 17.8. The smallest absolute Gasteiger partial charge is 0.254 e. The van der Waals surface area contributed by atoms with Crippen molar-refractivity contribution in [3.63, 3.8) is 0 Å². The lowest BCUT2D eigenvalue weighted by Crippen LogP contribution is -2.48. The van der Waals surface area contributed by atoms with E-state index < -0.39 is 0 Å². The molecular formula is C20H23ClN2O2. The fraction of sp³-hybridized carbons (Fsp3) is 0.350. The summed E-state index contributed by atoms with van der Waals surface area (Å²) in [5.41, 5.74) is 2.83. The van der Waals surface area contributed by atoms with Gasteiger partial charge < -0.3 is 9.64 Å². The van der Waals surface area contributed by atoms with Crippen molar-refractivity contribution in [1.82, 2.24) is 9.80 Å². The third-order valence-corrected chi connectivity index (χ3v) is 4.92. The Kier molecular flexibility index (Phi) is 5.61. The van der Waals surface area contributed by atoms with E-state index in [4.69, 9.17) is 16.3 Å². The standard InChI is InChI=1S/C20H23ClN2O2/c1-15-18(7-4-8-19(15)25-2)20(24)23-11-9-22(10-12-23)14-16-5-3-6-17(21)13-16/h3-8,13H,9-12,14H2,1-2H3. The van der Waals surface area contributed by atoms with Crippen LogP contribution in [0.15, 0.2) is 42.5 Å². The molecule has 0 bridgehead atoms. The molecule has 5 heteroatoms. The molecule has 2 aromatic rings. The number of halogens is 1. The molecule has 0 N–H and O–H groups in total. The molecule has 132 valence electrons. The van der Waals surface area contributed by atoms with Crippen molar-refractivity contribution in [2.75, 3.05) is 33.3 Å². The van der Waals surface area contributed by atoms with Crippen molar-refractivity contribution in [3.8, 4) is 5.75 Å². The Hall–Kier alpha value is -2.04. The maximum absolute atomic E-state index is 12.8. The van der Waals surface area contributed by atoms with Crippen LogP contribution in [0.1, 0.15) is 21.5 Å². The third-order valence-electron chi connectivity index (χ3n) is 4.69. The van der Waals surface area contributed by atoms with Gasteiger partial charge in [0.15, 0.2) is 0 Å². The Morgan fingerprint density at radius 1 is 1.12 bits per heavy atom. The van der Waals surface area contributed by atoms with Gasteiger partial charge in [-0.3, -0.25) is 9.69 Å². The monoisotopic (exact) mass is 358 g/mol. The molecule has 1 aliphatic heterocycles. The molecule has 1 aliphatic rings. The summed E-state index contributed by atoms with van der Waals surface area (Å²) in [6.45, 7) is 5.98. The van der Waals surface area contributed by atoms with Gasteiger partial charge in [-0.25, -0.2) is 0 Å². The van der Waals surface area contributed by atoms with E-state index in [1.54, 1.807) is 7.11 Å². The normalized spacial score (nSPS) is 15.2. The first-order chi connectivity index (χ1) is 12.1. The van der Waals surface area contributed by atoms with E-state index in [1.807, 2.05) is 48.2 Å². The summed E-state index contributed by atoms with van der Waals surface area (Å²) >= 11 is 6.05. The molecule has 1 fully saturated rings. The molecule has 4 nitrogen and oxygen atoms in total. The number of carbonyl (C=O) groups is 1. The number of carbonyl (C=O) groups excluding carboxylic acids is 1. The maximum Gasteiger partial charge on any atom is 0.254 e. The highest BCUT2D eigenvalue weighted by Crippen LogP contribution is 2.23. The van der Waals surface area contributed by atoms with Crippen LogP contribution in [0, 0.1) is 6.92 Å². The van der Waals surface area contributed by atoms with Gasteiger partial charge in [-0.05, 0) is 36.8 Å². The van der Waals surface area contributed by atoms with E-state index >= 15 is 0 Å². The zero-order valence-electron chi connectivity index (χ0n) is 14.7. The number of ether oxygens (including phenoxy) is 1. The molecule has 0 aliphatic carbocycles. The molecule has 0 radical (unpaired) electrons. The number of benzene rings is 2. The first kappa shape index (κ1) is 17.8. The Bertz CT molecular complexity index is 755. The Morgan fingerprint density at radius 3 is 2.52 bits per heavy atom. The van der Waals surface area contributed by atoms with Crippen molar-refractivity contribution in [1.29, 1.82) is 0 Å². The van der Waals surface area contributed by atoms with Crippen molar-refractivity contribution >= 4 is 17.5 Å². The van der Waals surface area contributed by atoms with Gasteiger partial charge in [0.05, 0.1) is 7.11 Å². The highest BCUT2D eigenvalue weighted by Gasteiger charge is 2.24. The lowest BCUT2D eigenvalue weighted by molar-refractivity contribution is 0.0627. The van der Waals surface area contributed by atoms with Crippen molar-refractivity contribution in [2.45, 2.75) is 13.5 Å². The molecular weight excluding hydrogens is 336 g/mol. The molecule has 0 atom stereocenters. The van der Waals surface area contributed by atoms with Crippen LogP contribution in [0.4, 0.5) is 0 Å². The molecule has 25 heavy (non-hydrogen) atoms. The summed E-state index contributed by atoms with van der Waals surface area (Å²) < 4.78 is 5.33. The predicted octanol–water partition coefficient (Wildman–Crippen LogP) is 3.62. The number of hydrogen-bond donors (Lipinski definition) is 0.